The number of benzene rings is 1. The Morgan fingerprint density at radius 1 is 1.25 bits per heavy atom. The molecule has 0 atom stereocenters. The van der Waals surface area contributed by atoms with Crippen molar-refractivity contribution in [2.24, 2.45) is 0 Å². The number of nitrogens with zero attached hydrogens (tertiary/aromatic N) is 5. The van der Waals surface area contributed by atoms with Crippen molar-refractivity contribution in [3.63, 3.8) is 0 Å². The molecule has 3 rings (SSSR count). The molecule has 0 saturated heterocycles. The standard InChI is InChI=1S/C13H13N5OS/c1-3-17-9(2)15-18(13(17)19)12-14-11(16-20-12)10-7-5-4-6-8-10/h4-8H,3H2,1-2H3. The van der Waals surface area contributed by atoms with Gasteiger partial charge in [0.15, 0.2) is 5.82 Å². The quantitative estimate of drug-likeness (QED) is 0.737. The van der Waals surface area contributed by atoms with Crippen LogP contribution in [-0.2, 0) is 6.54 Å². The van der Waals surface area contributed by atoms with E-state index >= 15 is 0 Å². The molecule has 20 heavy (non-hydrogen) atoms. The smallest absolute Gasteiger partial charge is 0.279 e. The summed E-state index contributed by atoms with van der Waals surface area (Å²) in [4.78, 5) is 16.6. The van der Waals surface area contributed by atoms with Crippen LogP contribution in [0.1, 0.15) is 12.7 Å². The van der Waals surface area contributed by atoms with Crippen molar-refractivity contribution in [2.45, 2.75) is 20.4 Å². The minimum Gasteiger partial charge on any atom is -0.279 e. The van der Waals surface area contributed by atoms with Crippen LogP contribution in [0.25, 0.3) is 16.5 Å². The van der Waals surface area contributed by atoms with E-state index in [4.69, 9.17) is 0 Å². The van der Waals surface area contributed by atoms with E-state index in [9.17, 15) is 4.79 Å². The predicted octanol–water partition coefficient (Wildman–Crippen LogP) is 1.88. The highest BCUT2D eigenvalue weighted by Gasteiger charge is 2.14. The molecule has 6 nitrogen and oxygen atoms in total. The van der Waals surface area contributed by atoms with Crippen LogP contribution in [0, 0.1) is 6.92 Å². The Hall–Kier alpha value is -2.28. The third kappa shape index (κ3) is 2.05. The van der Waals surface area contributed by atoms with E-state index < -0.39 is 0 Å². The summed E-state index contributed by atoms with van der Waals surface area (Å²) in [5.74, 6) is 1.29. The maximum absolute atomic E-state index is 12.2. The van der Waals surface area contributed by atoms with Gasteiger partial charge >= 0.3 is 5.69 Å². The Labute approximate surface area is 119 Å². The molecule has 0 unspecified atom stereocenters. The van der Waals surface area contributed by atoms with Crippen LogP contribution < -0.4 is 5.69 Å². The van der Waals surface area contributed by atoms with Gasteiger partial charge in [-0.2, -0.15) is 14.0 Å². The van der Waals surface area contributed by atoms with Crippen molar-refractivity contribution in [1.29, 1.82) is 0 Å². The van der Waals surface area contributed by atoms with Crippen LogP contribution >= 0.6 is 11.5 Å². The van der Waals surface area contributed by atoms with Gasteiger partial charge in [-0.25, -0.2) is 4.79 Å². The van der Waals surface area contributed by atoms with Gasteiger partial charge in [0.05, 0.1) is 0 Å². The first-order chi connectivity index (χ1) is 9.70. The van der Waals surface area contributed by atoms with Crippen LogP contribution in [0.2, 0.25) is 0 Å². The SMILES string of the molecule is CCn1c(C)nn(-c2nc(-c3ccccc3)ns2)c1=O. The van der Waals surface area contributed by atoms with Crippen molar-refractivity contribution in [3.05, 3.63) is 46.6 Å². The third-order valence-corrected chi connectivity index (χ3v) is 3.68. The van der Waals surface area contributed by atoms with Crippen LogP contribution in [-0.4, -0.2) is 23.7 Å². The number of hydrogen-bond donors (Lipinski definition) is 0. The first-order valence-corrected chi connectivity index (χ1v) is 7.04. The lowest BCUT2D eigenvalue weighted by Crippen LogP contribution is -2.23. The van der Waals surface area contributed by atoms with E-state index in [-0.39, 0.29) is 5.69 Å². The predicted molar refractivity (Wildman–Crippen MR) is 77.1 cm³/mol. The fourth-order valence-electron chi connectivity index (χ4n) is 1.99. The summed E-state index contributed by atoms with van der Waals surface area (Å²) in [6.45, 7) is 4.31. The minimum absolute atomic E-state index is 0.180. The molecule has 0 aliphatic rings. The summed E-state index contributed by atoms with van der Waals surface area (Å²) in [6, 6.07) is 9.67. The van der Waals surface area contributed by atoms with Crippen molar-refractivity contribution in [3.8, 4) is 16.5 Å². The van der Waals surface area contributed by atoms with E-state index in [1.54, 1.807) is 11.5 Å². The first-order valence-electron chi connectivity index (χ1n) is 6.26. The van der Waals surface area contributed by atoms with Crippen molar-refractivity contribution >= 4 is 11.5 Å². The first kappa shape index (κ1) is 12.7. The minimum atomic E-state index is -0.180. The maximum atomic E-state index is 12.2. The lowest BCUT2D eigenvalue weighted by molar-refractivity contribution is 0.695. The topological polar surface area (TPSA) is 65.6 Å². The molecule has 2 heterocycles. The highest BCUT2D eigenvalue weighted by Crippen LogP contribution is 2.18. The van der Waals surface area contributed by atoms with Crippen LogP contribution in [0.5, 0.6) is 0 Å². The molecule has 102 valence electrons. The zero-order chi connectivity index (χ0) is 14.1. The maximum Gasteiger partial charge on any atom is 0.352 e. The van der Waals surface area contributed by atoms with Crippen molar-refractivity contribution < 1.29 is 0 Å². The largest absolute Gasteiger partial charge is 0.352 e. The van der Waals surface area contributed by atoms with Gasteiger partial charge in [-0.3, -0.25) is 4.57 Å². The summed E-state index contributed by atoms with van der Waals surface area (Å²) in [5, 5.41) is 4.72. The second kappa shape index (κ2) is 5.01. The van der Waals surface area contributed by atoms with Crippen LogP contribution in [0.4, 0.5) is 0 Å². The molecular formula is C13H13N5OS. The zero-order valence-electron chi connectivity index (χ0n) is 11.1. The monoisotopic (exact) mass is 287 g/mol. The summed E-state index contributed by atoms with van der Waals surface area (Å²) < 4.78 is 7.20. The van der Waals surface area contributed by atoms with E-state index in [1.165, 1.54) is 16.2 Å². The van der Waals surface area contributed by atoms with Crippen LogP contribution in [0.3, 0.4) is 0 Å². The second-order valence-electron chi connectivity index (χ2n) is 4.25. The normalized spacial score (nSPS) is 10.9. The Kier molecular flexibility index (Phi) is 3.19. The lowest BCUT2D eigenvalue weighted by Gasteiger charge is -1.93. The van der Waals surface area contributed by atoms with Gasteiger partial charge in [0.1, 0.15) is 5.82 Å². The molecule has 0 N–H and O–H groups in total. The van der Waals surface area contributed by atoms with Gasteiger partial charge in [0, 0.05) is 23.6 Å². The number of hydrogen-bond acceptors (Lipinski definition) is 5. The van der Waals surface area contributed by atoms with Gasteiger partial charge in [0.2, 0.25) is 5.13 Å². The molecule has 0 bridgehead atoms. The zero-order valence-corrected chi connectivity index (χ0v) is 12.0. The molecule has 0 aliphatic heterocycles. The summed E-state index contributed by atoms with van der Waals surface area (Å²) in [6.07, 6.45) is 0. The van der Waals surface area contributed by atoms with Crippen LogP contribution in [0.15, 0.2) is 35.1 Å². The highest BCUT2D eigenvalue weighted by molar-refractivity contribution is 7.08. The molecular weight excluding hydrogens is 274 g/mol. The molecule has 0 fully saturated rings. The van der Waals surface area contributed by atoms with E-state index in [1.807, 2.05) is 37.3 Å². The molecule has 0 saturated carbocycles. The molecule has 1 aromatic carbocycles. The molecule has 0 aliphatic carbocycles. The molecule has 2 aromatic heterocycles. The highest BCUT2D eigenvalue weighted by atomic mass is 32.1. The second-order valence-corrected chi connectivity index (χ2v) is 4.98. The summed E-state index contributed by atoms with van der Waals surface area (Å²) in [7, 11) is 0. The summed E-state index contributed by atoms with van der Waals surface area (Å²) in [5.41, 5.74) is 0.746. The van der Waals surface area contributed by atoms with Gasteiger partial charge in [-0.1, -0.05) is 30.3 Å². The Balaban J connectivity index is 2.05. The van der Waals surface area contributed by atoms with Gasteiger partial charge in [0.25, 0.3) is 0 Å². The third-order valence-electron chi connectivity index (χ3n) is 2.99. The molecule has 7 heteroatoms. The molecule has 0 spiro atoms. The summed E-state index contributed by atoms with van der Waals surface area (Å²) >= 11 is 1.17. The Morgan fingerprint density at radius 3 is 2.65 bits per heavy atom. The fraction of sp³-hybridized carbons (Fsp3) is 0.231. The molecule has 3 aromatic rings. The average Bonchev–Trinajstić information content (AvgIpc) is 3.05. The lowest BCUT2D eigenvalue weighted by atomic mass is 10.2. The molecule has 0 amide bonds. The van der Waals surface area contributed by atoms with Gasteiger partial charge in [-0.05, 0) is 13.8 Å². The van der Waals surface area contributed by atoms with E-state index in [2.05, 4.69) is 14.5 Å². The Bertz CT molecular complexity index is 787. The number of aryl methyl sites for hydroxylation is 1. The van der Waals surface area contributed by atoms with Crippen molar-refractivity contribution in [2.75, 3.05) is 0 Å². The molecule has 0 radical (unpaired) electrons. The number of aromatic nitrogens is 5. The van der Waals surface area contributed by atoms with E-state index in [0.29, 0.717) is 23.3 Å². The van der Waals surface area contributed by atoms with E-state index in [0.717, 1.165) is 5.56 Å². The van der Waals surface area contributed by atoms with Crippen molar-refractivity contribution in [1.82, 2.24) is 23.7 Å². The average molecular weight is 287 g/mol. The van der Waals surface area contributed by atoms with Gasteiger partial charge in [-0.15, -0.1) is 5.10 Å². The fourth-order valence-corrected chi connectivity index (χ4v) is 2.63. The van der Waals surface area contributed by atoms with Gasteiger partial charge < -0.3 is 0 Å². The Morgan fingerprint density at radius 2 is 2.00 bits per heavy atom. The number of rotatable bonds is 3.